The van der Waals surface area contributed by atoms with Gasteiger partial charge in [0.15, 0.2) is 0 Å². The standard InChI is InChI=1S/C16H14IN5O4/c1-10-9-11(17)3-8-14(10)18-15-16(22(24)25)19-20(21(15)23)12-4-6-13(26-2)7-5-12/h3-9,23H,1-2H3. The lowest BCUT2D eigenvalue weighted by molar-refractivity contribution is -0.391. The van der Waals surface area contributed by atoms with Crippen LogP contribution in [0.25, 0.3) is 5.69 Å². The molecule has 0 amide bonds. The summed E-state index contributed by atoms with van der Waals surface area (Å²) in [4.78, 5) is 16.5. The van der Waals surface area contributed by atoms with Crippen molar-refractivity contribution in [2.45, 2.75) is 6.92 Å². The van der Waals surface area contributed by atoms with Gasteiger partial charge < -0.3 is 20.1 Å². The van der Waals surface area contributed by atoms with E-state index in [2.05, 4.69) is 32.7 Å². The van der Waals surface area contributed by atoms with Crippen LogP contribution in [0.3, 0.4) is 0 Å². The van der Waals surface area contributed by atoms with E-state index in [4.69, 9.17) is 4.74 Å². The number of aromatic nitrogens is 3. The summed E-state index contributed by atoms with van der Waals surface area (Å²) >= 11 is 2.16. The number of rotatable bonds is 4. The van der Waals surface area contributed by atoms with Gasteiger partial charge in [-0.05, 0) is 87.3 Å². The van der Waals surface area contributed by atoms with Crippen LogP contribution in [-0.4, -0.2) is 32.0 Å². The summed E-state index contributed by atoms with van der Waals surface area (Å²) < 4.78 is 6.09. The molecule has 0 fully saturated rings. The number of methoxy groups -OCH3 is 1. The first-order chi connectivity index (χ1) is 12.4. The van der Waals surface area contributed by atoms with Crippen LogP contribution in [0.2, 0.25) is 0 Å². The van der Waals surface area contributed by atoms with Crippen molar-refractivity contribution in [1.29, 1.82) is 0 Å². The molecule has 0 unspecified atom stereocenters. The Morgan fingerprint density at radius 1 is 1.27 bits per heavy atom. The Bertz CT molecular complexity index is 1040. The van der Waals surface area contributed by atoms with Crippen LogP contribution < -0.4 is 10.2 Å². The minimum absolute atomic E-state index is 0.268. The number of benzene rings is 2. The fourth-order valence-electron chi connectivity index (χ4n) is 2.31. The molecule has 0 atom stereocenters. The molecule has 134 valence electrons. The van der Waals surface area contributed by atoms with Crippen molar-refractivity contribution in [3.63, 3.8) is 0 Å². The highest BCUT2D eigenvalue weighted by atomic mass is 127. The monoisotopic (exact) mass is 467 g/mol. The highest BCUT2D eigenvalue weighted by Gasteiger charge is 2.24. The largest absolute Gasteiger partial charge is 0.497 e. The van der Waals surface area contributed by atoms with Crippen molar-refractivity contribution >= 4 is 34.1 Å². The molecule has 0 aliphatic rings. The molecule has 0 radical (unpaired) electrons. The Kier molecular flexibility index (Phi) is 4.93. The van der Waals surface area contributed by atoms with Gasteiger partial charge in [-0.2, -0.15) is 0 Å². The average molecular weight is 467 g/mol. The number of halogens is 1. The second-order valence-corrected chi connectivity index (χ2v) is 6.57. The molecule has 0 saturated heterocycles. The second kappa shape index (κ2) is 7.15. The summed E-state index contributed by atoms with van der Waals surface area (Å²) in [5.74, 6) is 0.0561. The zero-order valence-electron chi connectivity index (χ0n) is 13.8. The highest BCUT2D eigenvalue weighted by molar-refractivity contribution is 14.1. The summed E-state index contributed by atoms with van der Waals surface area (Å²) in [5.41, 5.74) is 1.47. The summed E-state index contributed by atoms with van der Waals surface area (Å²) in [6.45, 7) is 1.84. The number of nitro groups is 1. The van der Waals surface area contributed by atoms with Crippen LogP contribution in [-0.2, 0) is 0 Å². The van der Waals surface area contributed by atoms with Gasteiger partial charge >= 0.3 is 5.82 Å². The van der Waals surface area contributed by atoms with Crippen LogP contribution in [0.4, 0.5) is 11.5 Å². The molecule has 1 N–H and O–H groups in total. The van der Waals surface area contributed by atoms with Crippen LogP contribution in [0.5, 0.6) is 5.75 Å². The fraction of sp³-hybridized carbons (Fsp3) is 0.125. The van der Waals surface area contributed by atoms with Crippen LogP contribution >= 0.6 is 22.6 Å². The minimum Gasteiger partial charge on any atom is -0.497 e. The number of hydrogen-bond acceptors (Lipinski definition) is 6. The van der Waals surface area contributed by atoms with E-state index in [1.165, 1.54) is 7.11 Å². The number of aryl methyl sites for hydroxylation is 1. The number of ether oxygens (including phenoxy) is 1. The van der Waals surface area contributed by atoms with Crippen molar-refractivity contribution in [3.8, 4) is 11.4 Å². The first-order valence-electron chi connectivity index (χ1n) is 7.42. The van der Waals surface area contributed by atoms with Crippen LogP contribution in [0.15, 0.2) is 47.5 Å². The molecule has 3 rings (SSSR count). The third-order valence-corrected chi connectivity index (χ3v) is 4.29. The lowest BCUT2D eigenvalue weighted by Crippen LogP contribution is -2.22. The van der Waals surface area contributed by atoms with E-state index in [1.54, 1.807) is 30.3 Å². The maximum Gasteiger partial charge on any atom is 0.438 e. The lowest BCUT2D eigenvalue weighted by Gasteiger charge is -2.02. The molecule has 1 heterocycles. The third kappa shape index (κ3) is 3.40. The van der Waals surface area contributed by atoms with E-state index in [1.807, 2.05) is 19.1 Å². The molecule has 0 bridgehead atoms. The number of nitrogens with zero attached hydrogens (tertiary/aromatic N) is 5. The van der Waals surface area contributed by atoms with Gasteiger partial charge in [0.2, 0.25) is 0 Å². The molecule has 3 aromatic rings. The topological polar surface area (TPSA) is 108 Å². The molecule has 2 aromatic carbocycles. The third-order valence-electron chi connectivity index (χ3n) is 3.62. The van der Waals surface area contributed by atoms with E-state index in [0.29, 0.717) is 22.0 Å². The molecule has 0 aliphatic carbocycles. The second-order valence-electron chi connectivity index (χ2n) is 5.32. The predicted octanol–water partition coefficient (Wildman–Crippen LogP) is 2.97. The normalized spacial score (nSPS) is 11.6. The Labute approximate surface area is 161 Å². The van der Waals surface area contributed by atoms with E-state index in [0.717, 1.165) is 13.9 Å². The Balaban J connectivity index is 2.20. The Morgan fingerprint density at radius 2 is 1.96 bits per heavy atom. The first kappa shape index (κ1) is 17.9. The van der Waals surface area contributed by atoms with E-state index in [9.17, 15) is 15.3 Å². The highest BCUT2D eigenvalue weighted by Crippen LogP contribution is 2.21. The van der Waals surface area contributed by atoms with Gasteiger partial charge in [0.25, 0.3) is 5.49 Å². The van der Waals surface area contributed by atoms with Gasteiger partial charge in [0, 0.05) is 3.57 Å². The minimum atomic E-state index is -0.687. The van der Waals surface area contributed by atoms with Gasteiger partial charge in [0.1, 0.15) is 11.4 Å². The van der Waals surface area contributed by atoms with Gasteiger partial charge in [-0.15, -0.1) is 0 Å². The van der Waals surface area contributed by atoms with Gasteiger partial charge in [0.05, 0.1) is 17.9 Å². The molecule has 0 saturated carbocycles. The summed E-state index contributed by atoms with van der Waals surface area (Å²) in [6, 6.07) is 12.0. The smallest absolute Gasteiger partial charge is 0.438 e. The van der Waals surface area contributed by atoms with E-state index < -0.39 is 10.7 Å². The van der Waals surface area contributed by atoms with Crippen molar-refractivity contribution in [2.75, 3.05) is 7.11 Å². The zero-order chi connectivity index (χ0) is 18.8. The molecule has 1 aromatic heterocycles. The molecular weight excluding hydrogens is 453 g/mol. The summed E-state index contributed by atoms with van der Waals surface area (Å²) in [7, 11) is 1.53. The Hall–Kier alpha value is -2.89. The molecule has 0 spiro atoms. The van der Waals surface area contributed by atoms with E-state index >= 15 is 0 Å². The fourth-order valence-corrected chi connectivity index (χ4v) is 2.96. The SMILES string of the molecule is COc1ccc(-n2nc([N+](=O)[O-])c(=Nc3ccc(I)cc3C)n2O)cc1. The quantitative estimate of drug-likeness (QED) is 0.275. The van der Waals surface area contributed by atoms with Crippen LogP contribution in [0.1, 0.15) is 5.56 Å². The maximum atomic E-state index is 11.4. The molecule has 9 nitrogen and oxygen atoms in total. The molecule has 26 heavy (non-hydrogen) atoms. The zero-order valence-corrected chi connectivity index (χ0v) is 16.0. The molecule has 10 heteroatoms. The maximum absolute atomic E-state index is 11.4. The molecular formula is C16H14IN5O4. The van der Waals surface area contributed by atoms with Gasteiger partial charge in [-0.25, -0.2) is 4.99 Å². The number of hydrogen-bond donors (Lipinski definition) is 1. The predicted molar refractivity (Wildman–Crippen MR) is 101 cm³/mol. The van der Waals surface area contributed by atoms with Crippen LogP contribution in [0, 0.1) is 20.6 Å². The Morgan fingerprint density at radius 3 is 2.54 bits per heavy atom. The van der Waals surface area contributed by atoms with Crippen molar-refractivity contribution < 1.29 is 14.9 Å². The molecule has 0 aliphatic heterocycles. The first-order valence-corrected chi connectivity index (χ1v) is 8.50. The van der Waals surface area contributed by atoms with Crippen molar-refractivity contribution in [2.24, 2.45) is 4.99 Å². The van der Waals surface area contributed by atoms with Crippen molar-refractivity contribution in [1.82, 2.24) is 14.7 Å². The van der Waals surface area contributed by atoms with Gasteiger partial charge in [-0.1, -0.05) is 4.85 Å². The summed E-state index contributed by atoms with van der Waals surface area (Å²) in [5, 5.41) is 25.7. The lowest BCUT2D eigenvalue weighted by atomic mass is 10.2. The van der Waals surface area contributed by atoms with Crippen molar-refractivity contribution in [3.05, 3.63) is 67.2 Å². The van der Waals surface area contributed by atoms with E-state index in [-0.39, 0.29) is 5.49 Å². The average Bonchev–Trinajstić information content (AvgIpc) is 2.94. The van der Waals surface area contributed by atoms with Gasteiger partial charge in [-0.3, -0.25) is 0 Å². The summed E-state index contributed by atoms with van der Waals surface area (Å²) in [6.07, 6.45) is 0.